The van der Waals surface area contributed by atoms with E-state index in [2.05, 4.69) is 10.9 Å². The molecule has 2 aromatic carbocycles. The number of methoxy groups -OCH3 is 1. The SMILES string of the molecule is COc1cc(C(=O)NNC(=O)c2ccc(CS(C)(=O)=O)cc2)ccc1OC(C)C. The predicted octanol–water partition coefficient (Wildman–Crippen LogP) is 2.10. The molecular weight excluding hydrogens is 396 g/mol. The molecule has 0 saturated carbocycles. The molecule has 0 aliphatic carbocycles. The third-order valence-corrected chi connectivity index (χ3v) is 4.58. The van der Waals surface area contributed by atoms with Crippen LogP contribution in [0.2, 0.25) is 0 Å². The summed E-state index contributed by atoms with van der Waals surface area (Å²) in [5, 5.41) is 0. The maximum Gasteiger partial charge on any atom is 0.269 e. The van der Waals surface area contributed by atoms with Gasteiger partial charge in [0.15, 0.2) is 21.3 Å². The van der Waals surface area contributed by atoms with Crippen molar-refractivity contribution in [3.05, 3.63) is 59.2 Å². The van der Waals surface area contributed by atoms with E-state index in [4.69, 9.17) is 9.47 Å². The second-order valence-electron chi connectivity index (χ2n) is 6.71. The van der Waals surface area contributed by atoms with E-state index in [1.54, 1.807) is 24.3 Å². The molecular formula is C20H24N2O6S. The molecule has 0 heterocycles. The normalized spacial score (nSPS) is 11.1. The van der Waals surface area contributed by atoms with Crippen molar-refractivity contribution in [2.75, 3.05) is 13.4 Å². The smallest absolute Gasteiger partial charge is 0.269 e. The molecule has 2 N–H and O–H groups in total. The number of carbonyl (C=O) groups is 2. The Bertz CT molecular complexity index is 985. The van der Waals surface area contributed by atoms with Gasteiger partial charge in [-0.15, -0.1) is 0 Å². The molecule has 0 unspecified atom stereocenters. The number of hydrazine groups is 1. The molecule has 0 spiro atoms. The molecule has 29 heavy (non-hydrogen) atoms. The predicted molar refractivity (Wildman–Crippen MR) is 109 cm³/mol. The third kappa shape index (κ3) is 6.79. The van der Waals surface area contributed by atoms with Gasteiger partial charge in [-0.25, -0.2) is 8.42 Å². The molecule has 0 atom stereocenters. The van der Waals surface area contributed by atoms with E-state index in [0.717, 1.165) is 6.26 Å². The van der Waals surface area contributed by atoms with Crippen LogP contribution < -0.4 is 20.3 Å². The van der Waals surface area contributed by atoms with Crippen molar-refractivity contribution in [2.24, 2.45) is 0 Å². The summed E-state index contributed by atoms with van der Waals surface area (Å²) in [5.41, 5.74) is 5.78. The topological polar surface area (TPSA) is 111 Å². The summed E-state index contributed by atoms with van der Waals surface area (Å²) in [4.78, 5) is 24.5. The van der Waals surface area contributed by atoms with Crippen LogP contribution in [-0.4, -0.2) is 39.7 Å². The van der Waals surface area contributed by atoms with Gasteiger partial charge in [-0.2, -0.15) is 0 Å². The van der Waals surface area contributed by atoms with E-state index in [-0.39, 0.29) is 23.0 Å². The summed E-state index contributed by atoms with van der Waals surface area (Å²) in [6.07, 6.45) is 1.09. The number of nitrogens with one attached hydrogen (secondary N) is 2. The highest BCUT2D eigenvalue weighted by atomic mass is 32.2. The molecule has 2 aromatic rings. The Morgan fingerprint density at radius 2 is 1.48 bits per heavy atom. The van der Waals surface area contributed by atoms with Crippen LogP contribution in [0.3, 0.4) is 0 Å². The summed E-state index contributed by atoms with van der Waals surface area (Å²) in [7, 11) is -1.68. The molecule has 0 bridgehead atoms. The van der Waals surface area contributed by atoms with Gasteiger partial charge in [0.2, 0.25) is 0 Å². The summed E-state index contributed by atoms with van der Waals surface area (Å²) < 4.78 is 33.5. The molecule has 0 aromatic heterocycles. The highest BCUT2D eigenvalue weighted by Crippen LogP contribution is 2.28. The molecule has 8 nitrogen and oxygen atoms in total. The molecule has 2 rings (SSSR count). The van der Waals surface area contributed by atoms with Gasteiger partial charge in [-0.1, -0.05) is 12.1 Å². The first-order valence-electron chi connectivity index (χ1n) is 8.81. The van der Waals surface area contributed by atoms with Crippen molar-refractivity contribution < 1.29 is 27.5 Å². The zero-order chi connectivity index (χ0) is 21.6. The molecule has 9 heteroatoms. The fraction of sp³-hybridized carbons (Fsp3) is 0.300. The molecule has 156 valence electrons. The number of hydrogen-bond acceptors (Lipinski definition) is 6. The van der Waals surface area contributed by atoms with Crippen molar-refractivity contribution in [1.29, 1.82) is 0 Å². The van der Waals surface area contributed by atoms with Gasteiger partial charge in [0.05, 0.1) is 19.0 Å². The average Bonchev–Trinajstić information content (AvgIpc) is 2.65. The number of amides is 2. The maximum atomic E-state index is 12.3. The monoisotopic (exact) mass is 420 g/mol. The van der Waals surface area contributed by atoms with Gasteiger partial charge in [-0.3, -0.25) is 20.4 Å². The van der Waals surface area contributed by atoms with Crippen molar-refractivity contribution in [2.45, 2.75) is 25.7 Å². The second kappa shape index (κ2) is 9.42. The Labute approximate surface area is 170 Å². The van der Waals surface area contributed by atoms with Crippen LogP contribution in [-0.2, 0) is 15.6 Å². The van der Waals surface area contributed by atoms with Crippen molar-refractivity contribution in [3.63, 3.8) is 0 Å². The first-order valence-corrected chi connectivity index (χ1v) is 10.9. The largest absolute Gasteiger partial charge is 0.493 e. The van der Waals surface area contributed by atoms with Crippen molar-refractivity contribution >= 4 is 21.7 Å². The molecule has 0 radical (unpaired) electrons. The minimum atomic E-state index is -3.15. The fourth-order valence-electron chi connectivity index (χ4n) is 2.47. The highest BCUT2D eigenvalue weighted by molar-refractivity contribution is 7.89. The Morgan fingerprint density at radius 1 is 0.931 bits per heavy atom. The Balaban J connectivity index is 2.00. The number of rotatable bonds is 7. The standard InChI is InChI=1S/C20H24N2O6S/c1-13(2)28-17-10-9-16(11-18(17)27-3)20(24)22-21-19(23)15-7-5-14(6-8-15)12-29(4,25)26/h5-11,13H,12H2,1-4H3,(H,21,23)(H,22,24). The van der Waals surface area contributed by atoms with E-state index in [1.165, 1.54) is 25.3 Å². The lowest BCUT2D eigenvalue weighted by molar-refractivity contribution is 0.0846. The van der Waals surface area contributed by atoms with Gasteiger partial charge in [0, 0.05) is 17.4 Å². The highest BCUT2D eigenvalue weighted by Gasteiger charge is 2.14. The van der Waals surface area contributed by atoms with Crippen molar-refractivity contribution in [1.82, 2.24) is 10.9 Å². The summed E-state index contributed by atoms with van der Waals surface area (Å²) in [6.45, 7) is 3.76. The number of hydrogen-bond donors (Lipinski definition) is 2. The molecule has 0 aliphatic heterocycles. The lowest BCUT2D eigenvalue weighted by atomic mass is 10.1. The van der Waals surface area contributed by atoms with Gasteiger partial charge in [-0.05, 0) is 49.7 Å². The zero-order valence-electron chi connectivity index (χ0n) is 16.7. The van der Waals surface area contributed by atoms with Crippen LogP contribution in [0, 0.1) is 0 Å². The van der Waals surface area contributed by atoms with E-state index >= 15 is 0 Å². The van der Waals surface area contributed by atoms with Crippen LogP contribution in [0.4, 0.5) is 0 Å². The van der Waals surface area contributed by atoms with Gasteiger partial charge >= 0.3 is 0 Å². The van der Waals surface area contributed by atoms with Crippen LogP contribution in [0.25, 0.3) is 0 Å². The second-order valence-corrected chi connectivity index (χ2v) is 8.85. The Hall–Kier alpha value is -3.07. The van der Waals surface area contributed by atoms with E-state index in [0.29, 0.717) is 17.1 Å². The van der Waals surface area contributed by atoms with Gasteiger partial charge in [0.1, 0.15) is 0 Å². The number of sulfone groups is 1. The van der Waals surface area contributed by atoms with E-state index in [1.807, 2.05) is 13.8 Å². The van der Waals surface area contributed by atoms with Crippen LogP contribution in [0.5, 0.6) is 11.5 Å². The van der Waals surface area contributed by atoms with Gasteiger partial charge < -0.3 is 9.47 Å². The Morgan fingerprint density at radius 3 is 2.00 bits per heavy atom. The van der Waals surface area contributed by atoms with E-state index in [9.17, 15) is 18.0 Å². The number of benzene rings is 2. The quantitative estimate of drug-likeness (QED) is 0.664. The lowest BCUT2D eigenvalue weighted by Gasteiger charge is -2.14. The summed E-state index contributed by atoms with van der Waals surface area (Å²) >= 11 is 0. The van der Waals surface area contributed by atoms with Crippen LogP contribution in [0.15, 0.2) is 42.5 Å². The minimum Gasteiger partial charge on any atom is -0.493 e. The lowest BCUT2D eigenvalue weighted by Crippen LogP contribution is -2.41. The molecule has 2 amide bonds. The van der Waals surface area contributed by atoms with Crippen LogP contribution in [0.1, 0.15) is 40.1 Å². The summed E-state index contributed by atoms with van der Waals surface area (Å²) in [6, 6.07) is 10.8. The number of carbonyl (C=O) groups excluding carboxylic acids is 2. The first-order chi connectivity index (χ1) is 13.6. The molecule has 0 aliphatic rings. The van der Waals surface area contributed by atoms with Crippen LogP contribution >= 0.6 is 0 Å². The average molecular weight is 420 g/mol. The third-order valence-electron chi connectivity index (χ3n) is 3.72. The minimum absolute atomic E-state index is 0.0494. The maximum absolute atomic E-state index is 12.3. The zero-order valence-corrected chi connectivity index (χ0v) is 17.5. The molecule has 0 saturated heterocycles. The Kier molecular flexibility index (Phi) is 7.22. The fourth-order valence-corrected chi connectivity index (χ4v) is 3.27. The van der Waals surface area contributed by atoms with Crippen molar-refractivity contribution in [3.8, 4) is 11.5 Å². The van der Waals surface area contributed by atoms with Gasteiger partial charge in [0.25, 0.3) is 11.8 Å². The summed E-state index contributed by atoms with van der Waals surface area (Å²) in [5.74, 6) is -0.252. The number of ether oxygens (including phenoxy) is 2. The van der Waals surface area contributed by atoms with E-state index < -0.39 is 21.7 Å². The first kappa shape index (κ1) is 22.2. The molecule has 0 fully saturated rings.